The Morgan fingerprint density at radius 2 is 1.94 bits per heavy atom. The highest BCUT2D eigenvalue weighted by Crippen LogP contribution is 2.28. The minimum Gasteiger partial charge on any atom is -0.354 e. The van der Waals surface area contributed by atoms with E-state index >= 15 is 0 Å². The monoisotopic (exact) mass is 245 g/mol. The minimum absolute atomic E-state index is 0.711. The number of nitrogens with zero attached hydrogens (tertiary/aromatic N) is 4. The quantitative estimate of drug-likeness (QED) is 0.836. The van der Waals surface area contributed by atoms with Crippen molar-refractivity contribution in [3.05, 3.63) is 12.2 Å². The highest BCUT2D eigenvalue weighted by atomic mass is 15.2. The number of aromatic amines is 1. The van der Waals surface area contributed by atoms with Crippen molar-refractivity contribution in [1.29, 1.82) is 0 Å². The number of nitrogens with one attached hydrogen (secondary N) is 1. The van der Waals surface area contributed by atoms with Crippen LogP contribution in [0.4, 0.5) is 5.82 Å². The summed E-state index contributed by atoms with van der Waals surface area (Å²) in [5.41, 5.74) is 1.74. The Kier molecular flexibility index (Phi) is 2.69. The van der Waals surface area contributed by atoms with Crippen molar-refractivity contribution in [3.8, 4) is 0 Å². The van der Waals surface area contributed by atoms with E-state index in [2.05, 4.69) is 38.7 Å². The average molecular weight is 245 g/mol. The fourth-order valence-electron chi connectivity index (χ4n) is 3.01. The van der Waals surface area contributed by atoms with Crippen LogP contribution in [-0.2, 0) is 0 Å². The summed E-state index contributed by atoms with van der Waals surface area (Å²) in [5, 5.41) is 0. The van der Waals surface area contributed by atoms with Crippen LogP contribution in [0.3, 0.4) is 0 Å². The molecule has 0 radical (unpaired) electrons. The molecule has 1 fully saturated rings. The Balaban J connectivity index is 2.02. The van der Waals surface area contributed by atoms with E-state index in [1.807, 2.05) is 6.92 Å². The summed E-state index contributed by atoms with van der Waals surface area (Å²) in [6, 6.07) is 0. The average Bonchev–Trinajstić information content (AvgIpc) is 2.67. The van der Waals surface area contributed by atoms with Crippen molar-refractivity contribution in [1.82, 2.24) is 19.9 Å². The first-order valence-corrected chi connectivity index (χ1v) is 6.55. The molecular weight excluding hydrogens is 226 g/mol. The molecule has 18 heavy (non-hydrogen) atoms. The van der Waals surface area contributed by atoms with Crippen LogP contribution in [0, 0.1) is 18.8 Å². The summed E-state index contributed by atoms with van der Waals surface area (Å²) in [6.45, 7) is 8.69. The zero-order valence-electron chi connectivity index (χ0n) is 11.1. The van der Waals surface area contributed by atoms with E-state index in [4.69, 9.17) is 0 Å². The SMILES string of the molecule is Cc1nc2ncnc(N3C[C@H](C)C[C@H](C)C3)c2[nH]1. The van der Waals surface area contributed by atoms with Gasteiger partial charge in [-0.05, 0) is 25.2 Å². The lowest BCUT2D eigenvalue weighted by atomic mass is 9.92. The Hall–Kier alpha value is -1.65. The molecule has 3 rings (SSSR count). The Labute approximate surface area is 107 Å². The smallest absolute Gasteiger partial charge is 0.183 e. The molecule has 5 nitrogen and oxygen atoms in total. The van der Waals surface area contributed by atoms with Crippen LogP contribution in [0.2, 0.25) is 0 Å². The molecule has 2 atom stereocenters. The van der Waals surface area contributed by atoms with Crippen LogP contribution in [0.15, 0.2) is 6.33 Å². The first kappa shape index (κ1) is 11.4. The molecule has 96 valence electrons. The van der Waals surface area contributed by atoms with Crippen LogP contribution in [0.5, 0.6) is 0 Å². The number of piperidine rings is 1. The van der Waals surface area contributed by atoms with E-state index in [1.54, 1.807) is 6.33 Å². The zero-order valence-corrected chi connectivity index (χ0v) is 11.1. The van der Waals surface area contributed by atoms with Gasteiger partial charge in [0.25, 0.3) is 0 Å². The van der Waals surface area contributed by atoms with E-state index in [0.29, 0.717) is 11.8 Å². The van der Waals surface area contributed by atoms with E-state index in [0.717, 1.165) is 35.9 Å². The molecule has 0 bridgehead atoms. The standard InChI is InChI=1S/C13H19N5/c1-8-4-9(2)6-18(5-8)13-11-12(14-7-15-13)17-10(3)16-11/h7-9H,4-6H2,1-3H3,(H,14,15,16,17)/t8-,9+. The highest BCUT2D eigenvalue weighted by molar-refractivity contribution is 5.83. The molecular formula is C13H19N5. The van der Waals surface area contributed by atoms with Gasteiger partial charge < -0.3 is 9.88 Å². The van der Waals surface area contributed by atoms with Crippen molar-refractivity contribution >= 4 is 17.0 Å². The van der Waals surface area contributed by atoms with Gasteiger partial charge in [-0.25, -0.2) is 15.0 Å². The molecule has 3 heterocycles. The lowest BCUT2D eigenvalue weighted by molar-refractivity contribution is 0.355. The number of H-pyrrole nitrogens is 1. The van der Waals surface area contributed by atoms with E-state index in [9.17, 15) is 0 Å². The number of rotatable bonds is 1. The van der Waals surface area contributed by atoms with Gasteiger partial charge in [0.1, 0.15) is 17.7 Å². The number of imidazole rings is 1. The summed E-state index contributed by atoms with van der Waals surface area (Å²) < 4.78 is 0. The van der Waals surface area contributed by atoms with Gasteiger partial charge in [0.05, 0.1) is 0 Å². The number of fused-ring (bicyclic) bond motifs is 1. The van der Waals surface area contributed by atoms with Gasteiger partial charge in [0.2, 0.25) is 0 Å². The lowest BCUT2D eigenvalue weighted by Gasteiger charge is -2.35. The third-order valence-corrected chi connectivity index (χ3v) is 3.56. The molecule has 1 N–H and O–H groups in total. The minimum atomic E-state index is 0.711. The van der Waals surface area contributed by atoms with Gasteiger partial charge in [-0.2, -0.15) is 0 Å². The summed E-state index contributed by atoms with van der Waals surface area (Å²) in [4.78, 5) is 18.7. The second-order valence-corrected chi connectivity index (χ2v) is 5.57. The summed E-state index contributed by atoms with van der Waals surface area (Å²) >= 11 is 0. The van der Waals surface area contributed by atoms with E-state index < -0.39 is 0 Å². The Morgan fingerprint density at radius 3 is 2.67 bits per heavy atom. The molecule has 0 unspecified atom stereocenters. The highest BCUT2D eigenvalue weighted by Gasteiger charge is 2.24. The summed E-state index contributed by atoms with van der Waals surface area (Å²) in [6.07, 6.45) is 2.91. The van der Waals surface area contributed by atoms with Gasteiger partial charge in [-0.15, -0.1) is 0 Å². The van der Waals surface area contributed by atoms with Crippen LogP contribution in [0.25, 0.3) is 11.2 Å². The number of hydrogen-bond acceptors (Lipinski definition) is 4. The van der Waals surface area contributed by atoms with Crippen molar-refractivity contribution in [2.75, 3.05) is 18.0 Å². The van der Waals surface area contributed by atoms with Crippen molar-refractivity contribution in [2.45, 2.75) is 27.2 Å². The van der Waals surface area contributed by atoms with E-state index in [-0.39, 0.29) is 0 Å². The third kappa shape index (κ3) is 1.94. The molecule has 1 saturated heterocycles. The van der Waals surface area contributed by atoms with Gasteiger partial charge in [-0.3, -0.25) is 0 Å². The summed E-state index contributed by atoms with van der Waals surface area (Å²) in [5.74, 6) is 3.31. The molecule has 0 aromatic carbocycles. The lowest BCUT2D eigenvalue weighted by Crippen LogP contribution is -2.39. The van der Waals surface area contributed by atoms with E-state index in [1.165, 1.54) is 6.42 Å². The number of anilines is 1. The van der Waals surface area contributed by atoms with Crippen molar-refractivity contribution in [2.24, 2.45) is 11.8 Å². The van der Waals surface area contributed by atoms with Crippen molar-refractivity contribution in [3.63, 3.8) is 0 Å². The second kappa shape index (κ2) is 4.23. The maximum Gasteiger partial charge on any atom is 0.183 e. The molecule has 0 aliphatic carbocycles. The van der Waals surface area contributed by atoms with Crippen LogP contribution in [0.1, 0.15) is 26.1 Å². The number of aryl methyl sites for hydroxylation is 1. The summed E-state index contributed by atoms with van der Waals surface area (Å²) in [7, 11) is 0. The van der Waals surface area contributed by atoms with Gasteiger partial charge in [0, 0.05) is 13.1 Å². The van der Waals surface area contributed by atoms with Crippen LogP contribution < -0.4 is 4.90 Å². The second-order valence-electron chi connectivity index (χ2n) is 5.57. The fourth-order valence-corrected chi connectivity index (χ4v) is 3.01. The predicted octanol–water partition coefficient (Wildman–Crippen LogP) is 2.14. The Morgan fingerprint density at radius 1 is 1.22 bits per heavy atom. The topological polar surface area (TPSA) is 57.7 Å². The molecule has 0 amide bonds. The van der Waals surface area contributed by atoms with Gasteiger partial charge >= 0.3 is 0 Å². The van der Waals surface area contributed by atoms with Crippen LogP contribution >= 0.6 is 0 Å². The fraction of sp³-hybridized carbons (Fsp3) is 0.615. The molecule has 5 heteroatoms. The first-order chi connectivity index (χ1) is 8.63. The predicted molar refractivity (Wildman–Crippen MR) is 71.6 cm³/mol. The zero-order chi connectivity index (χ0) is 12.7. The molecule has 0 saturated carbocycles. The molecule has 2 aromatic heterocycles. The third-order valence-electron chi connectivity index (χ3n) is 3.56. The normalized spacial score (nSPS) is 24.7. The largest absolute Gasteiger partial charge is 0.354 e. The Bertz CT molecular complexity index is 552. The molecule has 1 aliphatic heterocycles. The van der Waals surface area contributed by atoms with Gasteiger partial charge in [-0.1, -0.05) is 13.8 Å². The van der Waals surface area contributed by atoms with Crippen LogP contribution in [-0.4, -0.2) is 33.0 Å². The van der Waals surface area contributed by atoms with Crippen molar-refractivity contribution < 1.29 is 0 Å². The van der Waals surface area contributed by atoms with Gasteiger partial charge in [0.15, 0.2) is 11.5 Å². The maximum atomic E-state index is 4.46. The molecule has 2 aromatic rings. The number of hydrogen-bond donors (Lipinski definition) is 1. The molecule has 1 aliphatic rings. The molecule has 0 spiro atoms. The maximum absolute atomic E-state index is 4.46. The first-order valence-electron chi connectivity index (χ1n) is 6.55. The number of aromatic nitrogens is 4.